The standard InChI is InChI=1S/C10H18O4.C6H14O6/c11-9(12)7-5-3-1-2-4-6-8-10(13)14;7-1-3(9)5(11)6(12)4(10)2-8/h1-8H2,(H,11,12)(H,13,14);3-12H,1-2H2/t;3-,4+,5-,6-/m.1/s1. The van der Waals surface area contributed by atoms with Gasteiger partial charge in [0.1, 0.15) is 24.4 Å². The van der Waals surface area contributed by atoms with Crippen LogP contribution in [0.3, 0.4) is 0 Å². The van der Waals surface area contributed by atoms with Crippen molar-refractivity contribution in [3.8, 4) is 0 Å². The van der Waals surface area contributed by atoms with E-state index in [4.69, 9.17) is 40.9 Å². The van der Waals surface area contributed by atoms with Crippen LogP contribution in [0.5, 0.6) is 0 Å². The first kappa shape index (κ1) is 26.9. The summed E-state index contributed by atoms with van der Waals surface area (Å²) >= 11 is 0. The zero-order valence-corrected chi connectivity index (χ0v) is 14.8. The van der Waals surface area contributed by atoms with Gasteiger partial charge in [-0.2, -0.15) is 0 Å². The van der Waals surface area contributed by atoms with Gasteiger partial charge in [-0.3, -0.25) is 9.59 Å². The van der Waals surface area contributed by atoms with E-state index in [0.29, 0.717) is 0 Å². The summed E-state index contributed by atoms with van der Waals surface area (Å²) in [6, 6.07) is 0. The Morgan fingerprint density at radius 2 is 0.846 bits per heavy atom. The van der Waals surface area contributed by atoms with E-state index in [0.717, 1.165) is 38.5 Å². The van der Waals surface area contributed by atoms with Crippen molar-refractivity contribution in [2.24, 2.45) is 0 Å². The maximum atomic E-state index is 10.1. The highest BCUT2D eigenvalue weighted by molar-refractivity contribution is 5.66. The van der Waals surface area contributed by atoms with Crippen LogP contribution in [0.4, 0.5) is 0 Å². The molecule has 0 fully saturated rings. The Labute approximate surface area is 152 Å². The predicted molar refractivity (Wildman–Crippen MR) is 90.4 cm³/mol. The van der Waals surface area contributed by atoms with Gasteiger partial charge < -0.3 is 40.9 Å². The third kappa shape index (κ3) is 16.2. The lowest BCUT2D eigenvalue weighted by Gasteiger charge is -2.24. The smallest absolute Gasteiger partial charge is 0.303 e. The van der Waals surface area contributed by atoms with Crippen LogP contribution < -0.4 is 0 Å². The Hall–Kier alpha value is -1.30. The zero-order valence-electron chi connectivity index (χ0n) is 14.8. The summed E-state index contributed by atoms with van der Waals surface area (Å²) in [5.41, 5.74) is 0. The molecule has 10 heteroatoms. The molecule has 0 radical (unpaired) electrons. The minimum absolute atomic E-state index is 0.245. The lowest BCUT2D eigenvalue weighted by molar-refractivity contribution is -0.138. The largest absolute Gasteiger partial charge is 0.481 e. The third-order valence-corrected chi connectivity index (χ3v) is 3.54. The number of rotatable bonds is 14. The molecule has 0 saturated carbocycles. The quantitative estimate of drug-likeness (QED) is 0.166. The highest BCUT2D eigenvalue weighted by atomic mass is 16.4. The molecule has 0 aliphatic carbocycles. The minimum atomic E-state index is -1.67. The molecule has 26 heavy (non-hydrogen) atoms. The Bertz CT molecular complexity index is 329. The summed E-state index contributed by atoms with van der Waals surface area (Å²) in [6.07, 6.45) is -0.567. The topological polar surface area (TPSA) is 196 Å². The van der Waals surface area contributed by atoms with Crippen LogP contribution in [0.15, 0.2) is 0 Å². The number of carboxylic acid groups (broad SMARTS) is 2. The SMILES string of the molecule is O=C(O)CCCCCCCCC(=O)O.OC[C@@H](O)[C@@H](O)[C@H](O)[C@@H](O)CO. The van der Waals surface area contributed by atoms with Gasteiger partial charge in [0.05, 0.1) is 13.2 Å². The number of aliphatic hydroxyl groups is 6. The van der Waals surface area contributed by atoms with Crippen molar-refractivity contribution in [3.05, 3.63) is 0 Å². The van der Waals surface area contributed by atoms with Crippen LogP contribution in [0.25, 0.3) is 0 Å². The maximum Gasteiger partial charge on any atom is 0.303 e. The van der Waals surface area contributed by atoms with E-state index in [9.17, 15) is 9.59 Å². The van der Waals surface area contributed by atoms with Crippen molar-refractivity contribution < 1.29 is 50.4 Å². The van der Waals surface area contributed by atoms with Crippen molar-refractivity contribution in [2.75, 3.05) is 13.2 Å². The fraction of sp³-hybridized carbons (Fsp3) is 0.875. The van der Waals surface area contributed by atoms with Crippen LogP contribution in [0.2, 0.25) is 0 Å². The third-order valence-electron chi connectivity index (χ3n) is 3.54. The lowest BCUT2D eigenvalue weighted by Crippen LogP contribution is -2.46. The van der Waals surface area contributed by atoms with E-state index in [-0.39, 0.29) is 12.8 Å². The molecular formula is C16H32O10. The first-order chi connectivity index (χ1) is 12.2. The average molecular weight is 384 g/mol. The summed E-state index contributed by atoms with van der Waals surface area (Å²) in [5.74, 6) is -1.48. The summed E-state index contributed by atoms with van der Waals surface area (Å²) in [4.78, 5) is 20.3. The molecule has 0 unspecified atom stereocenters. The van der Waals surface area contributed by atoms with Crippen molar-refractivity contribution in [2.45, 2.75) is 75.8 Å². The predicted octanol–water partition coefficient (Wildman–Crippen LogP) is -1.31. The molecule has 0 saturated heterocycles. The summed E-state index contributed by atoms with van der Waals surface area (Å²) in [6.45, 7) is -1.45. The monoisotopic (exact) mass is 384 g/mol. The summed E-state index contributed by atoms with van der Waals surface area (Å²) in [5, 5.41) is 68.9. The number of unbranched alkanes of at least 4 members (excludes halogenated alkanes) is 5. The molecule has 0 aromatic heterocycles. The number of aliphatic hydroxyl groups excluding tert-OH is 6. The van der Waals surface area contributed by atoms with Gasteiger partial charge in [0.25, 0.3) is 0 Å². The Balaban J connectivity index is 0. The zero-order chi connectivity index (χ0) is 20.5. The summed E-state index contributed by atoms with van der Waals surface area (Å²) in [7, 11) is 0. The fourth-order valence-corrected chi connectivity index (χ4v) is 1.93. The first-order valence-corrected chi connectivity index (χ1v) is 8.54. The van der Waals surface area contributed by atoms with Gasteiger partial charge in [0.2, 0.25) is 0 Å². The van der Waals surface area contributed by atoms with Gasteiger partial charge in [0, 0.05) is 12.8 Å². The van der Waals surface area contributed by atoms with E-state index in [2.05, 4.69) is 0 Å². The van der Waals surface area contributed by atoms with E-state index < -0.39 is 49.6 Å². The second-order valence-electron chi connectivity index (χ2n) is 5.89. The number of carboxylic acids is 2. The van der Waals surface area contributed by atoms with Crippen molar-refractivity contribution in [3.63, 3.8) is 0 Å². The van der Waals surface area contributed by atoms with Crippen molar-refractivity contribution in [1.82, 2.24) is 0 Å². The van der Waals surface area contributed by atoms with Crippen LogP contribution in [-0.4, -0.2) is 90.4 Å². The van der Waals surface area contributed by atoms with Gasteiger partial charge >= 0.3 is 11.9 Å². The van der Waals surface area contributed by atoms with Gasteiger partial charge in [-0.15, -0.1) is 0 Å². The van der Waals surface area contributed by atoms with Crippen LogP contribution in [0.1, 0.15) is 51.4 Å². The maximum absolute atomic E-state index is 10.1. The molecule has 0 aliphatic rings. The summed E-state index contributed by atoms with van der Waals surface area (Å²) < 4.78 is 0. The molecule has 4 atom stereocenters. The second-order valence-corrected chi connectivity index (χ2v) is 5.89. The molecule has 156 valence electrons. The number of hydrogen-bond donors (Lipinski definition) is 8. The van der Waals surface area contributed by atoms with Crippen LogP contribution >= 0.6 is 0 Å². The Morgan fingerprint density at radius 3 is 1.08 bits per heavy atom. The molecule has 0 rings (SSSR count). The molecule has 0 bridgehead atoms. The molecule has 0 heterocycles. The molecule has 8 N–H and O–H groups in total. The average Bonchev–Trinajstić information content (AvgIpc) is 2.61. The van der Waals surface area contributed by atoms with Gasteiger partial charge in [-0.1, -0.05) is 25.7 Å². The van der Waals surface area contributed by atoms with E-state index in [1.807, 2.05) is 0 Å². The fourth-order valence-electron chi connectivity index (χ4n) is 1.93. The molecule has 0 aromatic carbocycles. The number of carbonyl (C=O) groups is 2. The Kier molecular flexibility index (Phi) is 17.7. The molecule has 10 nitrogen and oxygen atoms in total. The minimum Gasteiger partial charge on any atom is -0.481 e. The van der Waals surface area contributed by atoms with Crippen molar-refractivity contribution >= 4 is 11.9 Å². The molecular weight excluding hydrogens is 352 g/mol. The second kappa shape index (κ2) is 17.1. The van der Waals surface area contributed by atoms with Crippen LogP contribution in [0, 0.1) is 0 Å². The lowest BCUT2D eigenvalue weighted by atomic mass is 10.0. The first-order valence-electron chi connectivity index (χ1n) is 8.54. The van der Waals surface area contributed by atoms with E-state index in [1.54, 1.807) is 0 Å². The number of aliphatic carboxylic acids is 2. The van der Waals surface area contributed by atoms with E-state index >= 15 is 0 Å². The highest BCUT2D eigenvalue weighted by Crippen LogP contribution is 2.08. The molecule has 0 spiro atoms. The van der Waals surface area contributed by atoms with Gasteiger partial charge in [0.15, 0.2) is 0 Å². The molecule has 0 aromatic rings. The van der Waals surface area contributed by atoms with Gasteiger partial charge in [-0.05, 0) is 12.8 Å². The van der Waals surface area contributed by atoms with E-state index in [1.165, 1.54) is 0 Å². The Morgan fingerprint density at radius 1 is 0.577 bits per heavy atom. The van der Waals surface area contributed by atoms with Crippen LogP contribution in [-0.2, 0) is 9.59 Å². The highest BCUT2D eigenvalue weighted by Gasteiger charge is 2.29. The normalized spacial score (nSPS) is 15.3. The molecule has 0 amide bonds. The molecule has 0 aliphatic heterocycles. The van der Waals surface area contributed by atoms with Crippen molar-refractivity contribution in [1.29, 1.82) is 0 Å². The van der Waals surface area contributed by atoms with Gasteiger partial charge in [-0.25, -0.2) is 0 Å². The number of hydrogen-bond acceptors (Lipinski definition) is 8.